The Morgan fingerprint density at radius 3 is 2.38 bits per heavy atom. The van der Waals surface area contributed by atoms with E-state index in [0.29, 0.717) is 24.4 Å². The molecule has 138 valence electrons. The van der Waals surface area contributed by atoms with E-state index < -0.39 is 0 Å². The van der Waals surface area contributed by atoms with Gasteiger partial charge in [0.1, 0.15) is 12.4 Å². The number of ether oxygens (including phenoxy) is 1. The topological polar surface area (TPSA) is 58.6 Å². The van der Waals surface area contributed by atoms with Crippen molar-refractivity contribution in [1.29, 1.82) is 0 Å². The number of carbonyl (C=O) groups is 2. The number of aryl methyl sites for hydroxylation is 2. The van der Waals surface area contributed by atoms with Crippen molar-refractivity contribution in [2.24, 2.45) is 0 Å². The van der Waals surface area contributed by atoms with Crippen molar-refractivity contribution < 1.29 is 14.3 Å². The van der Waals surface area contributed by atoms with Crippen molar-refractivity contribution in [1.82, 2.24) is 4.90 Å². The number of hydrogen-bond donors (Lipinski definition) is 1. The van der Waals surface area contributed by atoms with E-state index in [0.717, 1.165) is 16.9 Å². The second-order valence-electron chi connectivity index (χ2n) is 6.56. The van der Waals surface area contributed by atoms with E-state index in [1.165, 1.54) is 6.92 Å². The van der Waals surface area contributed by atoms with Crippen molar-refractivity contribution in [3.8, 4) is 5.75 Å². The minimum atomic E-state index is -0.160. The molecule has 0 bridgehead atoms. The van der Waals surface area contributed by atoms with Gasteiger partial charge in [0, 0.05) is 12.1 Å². The Morgan fingerprint density at radius 2 is 1.73 bits per heavy atom. The van der Waals surface area contributed by atoms with Crippen LogP contribution in [0.15, 0.2) is 42.5 Å². The first kappa shape index (κ1) is 19.7. The Morgan fingerprint density at radius 1 is 1.08 bits per heavy atom. The number of anilines is 1. The molecule has 0 aliphatic heterocycles. The summed E-state index contributed by atoms with van der Waals surface area (Å²) in [4.78, 5) is 25.7. The molecule has 0 atom stereocenters. The van der Waals surface area contributed by atoms with Crippen LogP contribution in [0.25, 0.3) is 0 Å². The summed E-state index contributed by atoms with van der Waals surface area (Å²) < 4.78 is 5.77. The predicted molar refractivity (Wildman–Crippen MR) is 104 cm³/mol. The van der Waals surface area contributed by atoms with E-state index in [9.17, 15) is 9.59 Å². The summed E-state index contributed by atoms with van der Waals surface area (Å²) in [6, 6.07) is 13.1. The maximum absolute atomic E-state index is 12.2. The van der Waals surface area contributed by atoms with Crippen LogP contribution >= 0.6 is 0 Å². The van der Waals surface area contributed by atoms with Crippen molar-refractivity contribution >= 4 is 17.4 Å². The molecule has 0 heterocycles. The number of likely N-dealkylation sites (N-methyl/N-ethyl adjacent to an activating group) is 1. The fraction of sp³-hybridized carbons (Fsp3) is 0.333. The van der Waals surface area contributed by atoms with Gasteiger partial charge >= 0.3 is 0 Å². The van der Waals surface area contributed by atoms with Gasteiger partial charge in [-0.2, -0.15) is 0 Å². The lowest BCUT2D eigenvalue weighted by atomic mass is 10.1. The zero-order chi connectivity index (χ0) is 19.1. The van der Waals surface area contributed by atoms with Crippen molar-refractivity contribution in [2.45, 2.75) is 20.8 Å². The smallest absolute Gasteiger partial charge is 0.238 e. The van der Waals surface area contributed by atoms with Crippen LogP contribution in [0.1, 0.15) is 28.4 Å². The van der Waals surface area contributed by atoms with E-state index in [2.05, 4.69) is 11.4 Å². The molecule has 26 heavy (non-hydrogen) atoms. The molecule has 1 amide bonds. The van der Waals surface area contributed by atoms with Crippen molar-refractivity contribution in [3.05, 3.63) is 59.2 Å². The van der Waals surface area contributed by atoms with Crippen LogP contribution in [0.2, 0.25) is 0 Å². The summed E-state index contributed by atoms with van der Waals surface area (Å²) >= 11 is 0. The second-order valence-corrected chi connectivity index (χ2v) is 6.56. The molecule has 1 N–H and O–H groups in total. The normalized spacial score (nSPS) is 10.7. The van der Waals surface area contributed by atoms with Crippen LogP contribution in [0.3, 0.4) is 0 Å². The van der Waals surface area contributed by atoms with Gasteiger partial charge in [-0.05, 0) is 63.2 Å². The van der Waals surface area contributed by atoms with E-state index in [4.69, 9.17) is 4.74 Å². The molecule has 0 aromatic heterocycles. The van der Waals surface area contributed by atoms with Crippen molar-refractivity contribution in [3.63, 3.8) is 0 Å². The summed E-state index contributed by atoms with van der Waals surface area (Å²) in [6.07, 6.45) is 0. The van der Waals surface area contributed by atoms with Crippen LogP contribution in [-0.4, -0.2) is 43.3 Å². The number of ketones is 1. The third-order valence-electron chi connectivity index (χ3n) is 3.93. The highest BCUT2D eigenvalue weighted by atomic mass is 16.5. The SMILES string of the molecule is CC(=O)c1ccccc1NC(=O)CN(C)CCOc1cc(C)cc(C)c1. The summed E-state index contributed by atoms with van der Waals surface area (Å²) in [6.45, 7) is 6.90. The van der Waals surface area contributed by atoms with Crippen LogP contribution < -0.4 is 10.1 Å². The monoisotopic (exact) mass is 354 g/mol. The van der Waals surface area contributed by atoms with Crippen LogP contribution in [0, 0.1) is 13.8 Å². The number of benzene rings is 2. The van der Waals surface area contributed by atoms with Gasteiger partial charge in [-0.15, -0.1) is 0 Å². The average Bonchev–Trinajstić information content (AvgIpc) is 2.54. The summed E-state index contributed by atoms with van der Waals surface area (Å²) in [5, 5.41) is 2.80. The van der Waals surface area contributed by atoms with Gasteiger partial charge in [-0.1, -0.05) is 18.2 Å². The zero-order valence-corrected chi connectivity index (χ0v) is 15.8. The highest BCUT2D eigenvalue weighted by Crippen LogP contribution is 2.16. The Labute approximate surface area is 155 Å². The number of amides is 1. The molecule has 0 saturated heterocycles. The van der Waals surface area contributed by atoms with E-state index in [1.54, 1.807) is 24.3 Å². The molecule has 2 aromatic carbocycles. The van der Waals surface area contributed by atoms with Gasteiger partial charge in [0.2, 0.25) is 5.91 Å². The lowest BCUT2D eigenvalue weighted by Gasteiger charge is -2.17. The number of hydrogen-bond acceptors (Lipinski definition) is 4. The Balaban J connectivity index is 1.81. The minimum Gasteiger partial charge on any atom is -0.492 e. The number of Topliss-reactive ketones (excluding diaryl/α,β-unsaturated/α-hetero) is 1. The highest BCUT2D eigenvalue weighted by Gasteiger charge is 2.11. The Kier molecular flexibility index (Phi) is 6.92. The fourth-order valence-corrected chi connectivity index (χ4v) is 2.75. The third kappa shape index (κ3) is 6.01. The molecule has 0 aliphatic rings. The first-order chi connectivity index (χ1) is 12.3. The van der Waals surface area contributed by atoms with Crippen LogP contribution in [0.4, 0.5) is 5.69 Å². The average molecular weight is 354 g/mol. The molecule has 0 unspecified atom stereocenters. The summed E-state index contributed by atoms with van der Waals surface area (Å²) in [7, 11) is 1.86. The molecule has 0 fully saturated rings. The Bertz CT molecular complexity index is 766. The second kappa shape index (κ2) is 9.15. The lowest BCUT2D eigenvalue weighted by molar-refractivity contribution is -0.117. The molecule has 0 saturated carbocycles. The Hall–Kier alpha value is -2.66. The van der Waals surface area contributed by atoms with Crippen molar-refractivity contribution in [2.75, 3.05) is 32.1 Å². The maximum atomic E-state index is 12.2. The fourth-order valence-electron chi connectivity index (χ4n) is 2.75. The van der Waals surface area contributed by atoms with Gasteiger partial charge in [0.25, 0.3) is 0 Å². The molecule has 0 spiro atoms. The van der Waals surface area contributed by atoms with Gasteiger partial charge in [-0.25, -0.2) is 0 Å². The quantitative estimate of drug-likeness (QED) is 0.738. The van der Waals surface area contributed by atoms with Gasteiger partial charge in [0.05, 0.1) is 12.2 Å². The molecule has 5 heteroatoms. The number of nitrogens with one attached hydrogen (secondary N) is 1. The van der Waals surface area contributed by atoms with E-state index >= 15 is 0 Å². The predicted octanol–water partition coefficient (Wildman–Crippen LogP) is 3.46. The first-order valence-corrected chi connectivity index (χ1v) is 8.64. The molecular weight excluding hydrogens is 328 g/mol. The molecule has 2 aromatic rings. The minimum absolute atomic E-state index is 0.0731. The van der Waals surface area contributed by atoms with Crippen LogP contribution in [0.5, 0.6) is 5.75 Å². The van der Waals surface area contributed by atoms with E-state index in [-0.39, 0.29) is 18.2 Å². The number of carbonyl (C=O) groups excluding carboxylic acids is 2. The number of rotatable bonds is 8. The highest BCUT2D eigenvalue weighted by molar-refractivity contribution is 6.04. The van der Waals surface area contributed by atoms with Crippen LogP contribution in [-0.2, 0) is 4.79 Å². The molecule has 0 radical (unpaired) electrons. The molecule has 5 nitrogen and oxygen atoms in total. The lowest BCUT2D eigenvalue weighted by Crippen LogP contribution is -2.33. The number of para-hydroxylation sites is 1. The summed E-state index contributed by atoms with van der Waals surface area (Å²) in [5.74, 6) is 0.611. The van der Waals surface area contributed by atoms with Gasteiger partial charge in [-0.3, -0.25) is 14.5 Å². The number of nitrogens with zero attached hydrogens (tertiary/aromatic N) is 1. The molecular formula is C21H26N2O3. The molecule has 2 rings (SSSR count). The first-order valence-electron chi connectivity index (χ1n) is 8.64. The molecule has 0 aliphatic carbocycles. The van der Waals surface area contributed by atoms with Gasteiger partial charge < -0.3 is 10.1 Å². The van der Waals surface area contributed by atoms with E-state index in [1.807, 2.05) is 37.9 Å². The standard InChI is InChI=1S/C21H26N2O3/c1-15-11-16(2)13-18(12-15)26-10-9-23(4)14-21(25)22-20-8-6-5-7-19(20)17(3)24/h5-8,11-13H,9-10,14H2,1-4H3,(H,22,25). The largest absolute Gasteiger partial charge is 0.492 e. The summed E-state index contributed by atoms with van der Waals surface area (Å²) in [5.41, 5.74) is 3.39. The zero-order valence-electron chi connectivity index (χ0n) is 15.8. The van der Waals surface area contributed by atoms with Gasteiger partial charge in [0.15, 0.2) is 5.78 Å². The third-order valence-corrected chi connectivity index (χ3v) is 3.93. The maximum Gasteiger partial charge on any atom is 0.238 e.